The van der Waals surface area contributed by atoms with Gasteiger partial charge in [-0.1, -0.05) is 12.1 Å². The molecule has 4 nitrogen and oxygen atoms in total. The Kier molecular flexibility index (Phi) is 5.81. The maximum Gasteiger partial charge on any atom is 0.421 e. The highest BCUT2D eigenvalue weighted by atomic mass is 19.4. The van der Waals surface area contributed by atoms with Gasteiger partial charge in [0.1, 0.15) is 0 Å². The molecule has 4 rings (SSSR count). The van der Waals surface area contributed by atoms with Crippen LogP contribution in [0.15, 0.2) is 48.8 Å². The second-order valence-electron chi connectivity index (χ2n) is 8.88. The van der Waals surface area contributed by atoms with Crippen molar-refractivity contribution in [1.29, 1.82) is 0 Å². The van der Waals surface area contributed by atoms with Crippen molar-refractivity contribution in [1.82, 2.24) is 9.88 Å². The number of aromatic nitrogens is 1. The molecular formula is C24H27F3N2O2. The number of halogens is 3. The number of benzene rings is 1. The van der Waals surface area contributed by atoms with Gasteiger partial charge in [0.25, 0.3) is 5.91 Å². The van der Waals surface area contributed by atoms with E-state index in [2.05, 4.69) is 4.98 Å². The Labute approximate surface area is 180 Å². The summed E-state index contributed by atoms with van der Waals surface area (Å²) in [4.78, 5) is 19.3. The molecule has 2 aliphatic carbocycles. The SMILES string of the molecule is C[C@](O)(c1ccc(C(=O)N(C2CC2)[C@H]2CC[C@H](c3ccncc3)CC2)cc1)C(F)(F)F. The molecule has 1 N–H and O–H groups in total. The van der Waals surface area contributed by atoms with E-state index >= 15 is 0 Å². The molecule has 1 aromatic heterocycles. The summed E-state index contributed by atoms with van der Waals surface area (Å²) in [5.74, 6) is 0.340. The number of amides is 1. The number of rotatable bonds is 5. The molecule has 2 fully saturated rings. The summed E-state index contributed by atoms with van der Waals surface area (Å²) < 4.78 is 39.3. The van der Waals surface area contributed by atoms with Gasteiger partial charge >= 0.3 is 6.18 Å². The Morgan fingerprint density at radius 3 is 1.94 bits per heavy atom. The van der Waals surface area contributed by atoms with Crippen molar-refractivity contribution in [3.05, 3.63) is 65.5 Å². The van der Waals surface area contributed by atoms with E-state index in [4.69, 9.17) is 0 Å². The Morgan fingerprint density at radius 1 is 0.935 bits per heavy atom. The van der Waals surface area contributed by atoms with E-state index in [1.807, 2.05) is 17.0 Å². The molecule has 1 heterocycles. The van der Waals surface area contributed by atoms with Crippen molar-refractivity contribution in [2.45, 2.75) is 75.2 Å². The van der Waals surface area contributed by atoms with E-state index in [1.165, 1.54) is 29.8 Å². The molecule has 166 valence electrons. The number of hydrogen-bond acceptors (Lipinski definition) is 3. The van der Waals surface area contributed by atoms with E-state index in [0.717, 1.165) is 45.4 Å². The van der Waals surface area contributed by atoms with Crippen molar-refractivity contribution in [3.8, 4) is 0 Å². The van der Waals surface area contributed by atoms with Crippen molar-refractivity contribution in [2.75, 3.05) is 0 Å². The Hall–Kier alpha value is -2.41. The summed E-state index contributed by atoms with van der Waals surface area (Å²) in [5.41, 5.74) is -1.57. The van der Waals surface area contributed by atoms with E-state index in [-0.39, 0.29) is 23.6 Å². The molecule has 0 unspecified atom stereocenters. The summed E-state index contributed by atoms with van der Waals surface area (Å²) in [6.45, 7) is 0.724. The zero-order chi connectivity index (χ0) is 22.2. The molecule has 0 radical (unpaired) electrons. The second kappa shape index (κ2) is 8.26. The third-order valence-corrected chi connectivity index (χ3v) is 6.69. The van der Waals surface area contributed by atoms with Crippen molar-refractivity contribution >= 4 is 5.91 Å². The molecule has 7 heteroatoms. The summed E-state index contributed by atoms with van der Waals surface area (Å²) in [6, 6.07) is 9.66. The monoisotopic (exact) mass is 432 g/mol. The van der Waals surface area contributed by atoms with Crippen LogP contribution in [0.3, 0.4) is 0 Å². The van der Waals surface area contributed by atoms with Crippen LogP contribution in [0.25, 0.3) is 0 Å². The van der Waals surface area contributed by atoms with Crippen molar-refractivity contribution < 1.29 is 23.1 Å². The highest BCUT2D eigenvalue weighted by molar-refractivity contribution is 5.95. The quantitative estimate of drug-likeness (QED) is 0.708. The molecule has 0 aliphatic heterocycles. The largest absolute Gasteiger partial charge is 0.421 e. The minimum absolute atomic E-state index is 0.131. The standard InChI is InChI=1S/C24H27F3N2O2/c1-23(31,24(25,26)27)19-6-2-18(3-7-19)22(30)29(21-10-11-21)20-8-4-16(5-9-20)17-12-14-28-15-13-17/h2-3,6-7,12-16,20-21,31H,4-5,8-11H2,1H3/t16-,20-,23-/m0/s1. The molecule has 0 spiro atoms. The first kappa shape index (κ1) is 21.8. The predicted octanol–water partition coefficient (Wildman–Crippen LogP) is 5.18. The fourth-order valence-corrected chi connectivity index (χ4v) is 4.56. The van der Waals surface area contributed by atoms with Gasteiger partial charge in [-0.3, -0.25) is 9.78 Å². The van der Waals surface area contributed by atoms with Crippen molar-refractivity contribution in [2.24, 2.45) is 0 Å². The fourth-order valence-electron chi connectivity index (χ4n) is 4.56. The lowest BCUT2D eigenvalue weighted by Gasteiger charge is -2.37. The van der Waals surface area contributed by atoms with Crippen LogP contribution in [0.5, 0.6) is 0 Å². The lowest BCUT2D eigenvalue weighted by Crippen LogP contribution is -2.43. The minimum Gasteiger partial charge on any atom is -0.376 e. The third kappa shape index (κ3) is 4.47. The van der Waals surface area contributed by atoms with Crippen LogP contribution in [0, 0.1) is 0 Å². The van der Waals surface area contributed by atoms with Crippen LogP contribution in [0.1, 0.15) is 72.9 Å². The van der Waals surface area contributed by atoms with Gasteiger partial charge in [0.15, 0.2) is 5.60 Å². The number of carbonyl (C=O) groups is 1. The average Bonchev–Trinajstić information content (AvgIpc) is 3.59. The van der Waals surface area contributed by atoms with Crippen LogP contribution >= 0.6 is 0 Å². The van der Waals surface area contributed by atoms with Gasteiger partial charge in [-0.25, -0.2) is 0 Å². The first-order valence-electron chi connectivity index (χ1n) is 10.8. The normalized spacial score (nSPS) is 23.8. The Bertz CT molecular complexity index is 901. The Balaban J connectivity index is 1.46. The lowest BCUT2D eigenvalue weighted by atomic mass is 9.81. The second-order valence-corrected chi connectivity index (χ2v) is 8.88. The Morgan fingerprint density at radius 2 is 1.45 bits per heavy atom. The summed E-state index contributed by atoms with van der Waals surface area (Å²) in [7, 11) is 0. The number of alkyl halides is 3. The van der Waals surface area contributed by atoms with Crippen LogP contribution < -0.4 is 0 Å². The molecule has 2 aliphatic rings. The predicted molar refractivity (Wildman–Crippen MR) is 110 cm³/mol. The maximum atomic E-state index is 13.3. The number of carbonyl (C=O) groups excluding carboxylic acids is 1. The van der Waals surface area contributed by atoms with Crippen LogP contribution in [-0.4, -0.2) is 39.2 Å². The fraction of sp³-hybridized carbons (Fsp3) is 0.500. The third-order valence-electron chi connectivity index (χ3n) is 6.69. The smallest absolute Gasteiger partial charge is 0.376 e. The highest BCUT2D eigenvalue weighted by Gasteiger charge is 2.51. The topological polar surface area (TPSA) is 53.4 Å². The molecule has 1 amide bonds. The van der Waals surface area contributed by atoms with Crippen LogP contribution in [0.4, 0.5) is 13.2 Å². The van der Waals surface area contributed by atoms with Gasteiger partial charge < -0.3 is 10.0 Å². The number of nitrogens with zero attached hydrogens (tertiary/aromatic N) is 2. The van der Waals surface area contributed by atoms with Gasteiger partial charge in [0, 0.05) is 30.0 Å². The number of hydrogen-bond donors (Lipinski definition) is 1. The maximum absolute atomic E-state index is 13.3. The molecule has 1 aromatic carbocycles. The number of pyridine rings is 1. The minimum atomic E-state index is -4.79. The molecule has 2 aromatic rings. The highest BCUT2D eigenvalue weighted by Crippen LogP contribution is 2.40. The molecular weight excluding hydrogens is 405 g/mol. The van der Waals surface area contributed by atoms with Crippen molar-refractivity contribution in [3.63, 3.8) is 0 Å². The van der Waals surface area contributed by atoms with Crippen LogP contribution in [-0.2, 0) is 5.60 Å². The molecule has 31 heavy (non-hydrogen) atoms. The molecule has 0 saturated heterocycles. The summed E-state index contributed by atoms with van der Waals surface area (Å²) in [6.07, 6.45) is 4.59. The lowest BCUT2D eigenvalue weighted by molar-refractivity contribution is -0.258. The zero-order valence-corrected chi connectivity index (χ0v) is 17.5. The average molecular weight is 432 g/mol. The number of aliphatic hydroxyl groups is 1. The van der Waals surface area contributed by atoms with Gasteiger partial charge in [0.05, 0.1) is 0 Å². The van der Waals surface area contributed by atoms with E-state index < -0.39 is 11.8 Å². The van der Waals surface area contributed by atoms with Gasteiger partial charge in [-0.2, -0.15) is 13.2 Å². The van der Waals surface area contributed by atoms with Gasteiger partial charge in [-0.15, -0.1) is 0 Å². The first-order valence-corrected chi connectivity index (χ1v) is 10.8. The van der Waals surface area contributed by atoms with Gasteiger partial charge in [-0.05, 0) is 86.8 Å². The molecule has 2 saturated carbocycles. The first-order chi connectivity index (χ1) is 14.7. The van der Waals surface area contributed by atoms with Gasteiger partial charge in [0.2, 0.25) is 0 Å². The zero-order valence-electron chi connectivity index (χ0n) is 17.5. The summed E-state index contributed by atoms with van der Waals surface area (Å²) in [5, 5.41) is 9.86. The summed E-state index contributed by atoms with van der Waals surface area (Å²) >= 11 is 0. The molecule has 1 atom stereocenters. The van der Waals surface area contributed by atoms with Crippen LogP contribution in [0.2, 0.25) is 0 Å². The van der Waals surface area contributed by atoms with E-state index in [9.17, 15) is 23.1 Å². The van der Waals surface area contributed by atoms with E-state index in [0.29, 0.717) is 11.5 Å². The van der Waals surface area contributed by atoms with E-state index in [1.54, 1.807) is 12.4 Å². The molecule has 0 bridgehead atoms.